The Morgan fingerprint density at radius 1 is 1.08 bits per heavy atom. The molecule has 0 bridgehead atoms. The molecule has 3 N–H and O–H groups in total. The number of hydrogen-bond acceptors (Lipinski definition) is 3. The van der Waals surface area contributed by atoms with Crippen LogP contribution in [0.1, 0.15) is 22.4 Å². The summed E-state index contributed by atoms with van der Waals surface area (Å²) in [4.78, 5) is 17.0. The van der Waals surface area contributed by atoms with Gasteiger partial charge in [0.1, 0.15) is 0 Å². The van der Waals surface area contributed by atoms with Gasteiger partial charge in [-0.25, -0.2) is 4.68 Å². The van der Waals surface area contributed by atoms with Crippen molar-refractivity contribution in [3.05, 3.63) is 75.2 Å². The molecule has 3 rings (SSSR count). The van der Waals surface area contributed by atoms with Gasteiger partial charge in [0, 0.05) is 17.6 Å². The van der Waals surface area contributed by atoms with Gasteiger partial charge in [0.15, 0.2) is 0 Å². The smallest absolute Gasteiger partial charge is 0.280 e. The van der Waals surface area contributed by atoms with Gasteiger partial charge in [0.25, 0.3) is 5.56 Å². The SMILES string of the molecule is Cc1ccc(-n2[nH]c(C)c(C=Nc3ccc(C)c(N)c3)c2=O)cc1. The summed E-state index contributed by atoms with van der Waals surface area (Å²) in [5, 5.41) is 3.09. The van der Waals surface area contributed by atoms with E-state index in [-0.39, 0.29) is 5.56 Å². The third-order valence-electron chi connectivity index (χ3n) is 4.01. The fraction of sp³-hybridized carbons (Fsp3) is 0.158. The van der Waals surface area contributed by atoms with Gasteiger partial charge in [-0.1, -0.05) is 23.8 Å². The minimum atomic E-state index is -0.125. The number of hydrogen-bond donors (Lipinski definition) is 2. The summed E-state index contributed by atoms with van der Waals surface area (Å²) in [5.74, 6) is 0. The minimum absolute atomic E-state index is 0.125. The van der Waals surface area contributed by atoms with E-state index in [1.54, 1.807) is 12.3 Å². The maximum absolute atomic E-state index is 12.6. The average molecular weight is 320 g/mol. The van der Waals surface area contributed by atoms with Crippen LogP contribution >= 0.6 is 0 Å². The van der Waals surface area contributed by atoms with Crippen molar-refractivity contribution in [2.45, 2.75) is 20.8 Å². The van der Waals surface area contributed by atoms with E-state index in [9.17, 15) is 4.79 Å². The molecule has 2 aromatic carbocycles. The van der Waals surface area contributed by atoms with Crippen molar-refractivity contribution >= 4 is 17.6 Å². The van der Waals surface area contributed by atoms with Crippen molar-refractivity contribution in [2.75, 3.05) is 5.73 Å². The molecule has 1 aromatic heterocycles. The van der Waals surface area contributed by atoms with Crippen LogP contribution in [0.2, 0.25) is 0 Å². The standard InChI is InChI=1S/C19H20N4O/c1-12-4-8-16(9-5-12)23-19(24)17(14(3)22-23)11-21-15-7-6-13(2)18(20)10-15/h4-11,22H,20H2,1-3H3. The molecule has 0 aliphatic carbocycles. The van der Waals surface area contributed by atoms with E-state index in [2.05, 4.69) is 10.1 Å². The monoisotopic (exact) mass is 320 g/mol. The summed E-state index contributed by atoms with van der Waals surface area (Å²) in [5.41, 5.74) is 11.4. The zero-order valence-corrected chi connectivity index (χ0v) is 14.0. The van der Waals surface area contributed by atoms with Crippen molar-refractivity contribution in [3.8, 4) is 5.69 Å². The molecule has 0 amide bonds. The van der Waals surface area contributed by atoms with Crippen LogP contribution in [0.15, 0.2) is 52.3 Å². The summed E-state index contributed by atoms with van der Waals surface area (Å²) in [6.45, 7) is 5.81. The lowest BCUT2D eigenvalue weighted by Crippen LogP contribution is -2.17. The number of rotatable bonds is 3. The van der Waals surface area contributed by atoms with Crippen LogP contribution in [0.4, 0.5) is 11.4 Å². The molecule has 122 valence electrons. The Morgan fingerprint density at radius 2 is 1.79 bits per heavy atom. The molecule has 5 heteroatoms. The number of aryl methyl sites for hydroxylation is 3. The third kappa shape index (κ3) is 3.01. The second kappa shape index (κ2) is 6.20. The number of benzene rings is 2. The van der Waals surface area contributed by atoms with Gasteiger partial charge in [-0.3, -0.25) is 14.9 Å². The zero-order valence-electron chi connectivity index (χ0n) is 14.0. The average Bonchev–Trinajstić information content (AvgIpc) is 2.84. The Labute approximate surface area is 140 Å². The Bertz CT molecular complexity index is 962. The van der Waals surface area contributed by atoms with Crippen LogP contribution in [-0.2, 0) is 0 Å². The number of nitrogen functional groups attached to an aromatic ring is 1. The van der Waals surface area contributed by atoms with Gasteiger partial charge in [0.05, 0.1) is 16.9 Å². The number of H-pyrrole nitrogens is 1. The maximum atomic E-state index is 12.6. The molecule has 0 aliphatic heterocycles. The lowest BCUT2D eigenvalue weighted by atomic mass is 10.2. The molecule has 5 nitrogen and oxygen atoms in total. The molecular formula is C19H20N4O. The topological polar surface area (TPSA) is 76.2 Å². The summed E-state index contributed by atoms with van der Waals surface area (Å²) in [6, 6.07) is 13.4. The molecule has 0 aliphatic rings. The van der Waals surface area contributed by atoms with Crippen LogP contribution in [0, 0.1) is 20.8 Å². The number of aromatic nitrogens is 2. The first-order chi connectivity index (χ1) is 11.5. The van der Waals surface area contributed by atoms with Gasteiger partial charge in [0.2, 0.25) is 0 Å². The number of anilines is 1. The van der Waals surface area contributed by atoms with Crippen LogP contribution in [0.25, 0.3) is 5.69 Å². The highest BCUT2D eigenvalue weighted by Crippen LogP contribution is 2.19. The first kappa shape index (κ1) is 15.8. The van der Waals surface area contributed by atoms with Crippen molar-refractivity contribution in [3.63, 3.8) is 0 Å². The maximum Gasteiger partial charge on any atom is 0.280 e. The molecule has 0 radical (unpaired) electrons. The molecule has 1 heterocycles. The fourth-order valence-corrected chi connectivity index (χ4v) is 2.43. The van der Waals surface area contributed by atoms with E-state index >= 15 is 0 Å². The van der Waals surface area contributed by atoms with Gasteiger partial charge >= 0.3 is 0 Å². The summed E-state index contributed by atoms with van der Waals surface area (Å²) < 4.78 is 1.53. The Hall–Kier alpha value is -3.08. The zero-order chi connectivity index (χ0) is 17.3. The van der Waals surface area contributed by atoms with Crippen molar-refractivity contribution in [1.82, 2.24) is 9.78 Å². The number of aliphatic imine (C=N–C) groups is 1. The van der Waals surface area contributed by atoms with Crippen molar-refractivity contribution in [2.24, 2.45) is 4.99 Å². The van der Waals surface area contributed by atoms with E-state index in [1.807, 2.05) is 57.2 Å². The third-order valence-corrected chi connectivity index (χ3v) is 4.01. The van der Waals surface area contributed by atoms with E-state index < -0.39 is 0 Å². The highest BCUT2D eigenvalue weighted by molar-refractivity contribution is 5.83. The van der Waals surface area contributed by atoms with Gasteiger partial charge in [-0.2, -0.15) is 0 Å². The largest absolute Gasteiger partial charge is 0.398 e. The summed E-state index contributed by atoms with van der Waals surface area (Å²) in [7, 11) is 0. The molecular weight excluding hydrogens is 300 g/mol. The molecule has 0 saturated heterocycles. The predicted molar refractivity (Wildman–Crippen MR) is 98.7 cm³/mol. The predicted octanol–water partition coefficient (Wildman–Crippen LogP) is 3.42. The number of nitrogens with zero attached hydrogens (tertiary/aromatic N) is 2. The normalized spacial score (nSPS) is 11.3. The number of nitrogens with two attached hydrogens (primary N) is 1. The molecule has 0 spiro atoms. The van der Waals surface area contributed by atoms with Crippen LogP contribution in [0.3, 0.4) is 0 Å². The highest BCUT2D eigenvalue weighted by Gasteiger charge is 2.10. The van der Waals surface area contributed by atoms with Crippen molar-refractivity contribution in [1.29, 1.82) is 0 Å². The number of aromatic amines is 1. The Balaban J connectivity index is 1.97. The van der Waals surface area contributed by atoms with Gasteiger partial charge < -0.3 is 5.73 Å². The quantitative estimate of drug-likeness (QED) is 0.573. The molecule has 0 fully saturated rings. The first-order valence-electron chi connectivity index (χ1n) is 7.74. The Kier molecular flexibility index (Phi) is 4.08. The van der Waals surface area contributed by atoms with Crippen molar-refractivity contribution < 1.29 is 0 Å². The van der Waals surface area contributed by atoms with Crippen LogP contribution in [0.5, 0.6) is 0 Å². The minimum Gasteiger partial charge on any atom is -0.398 e. The molecule has 0 saturated carbocycles. The molecule has 0 atom stereocenters. The molecule has 0 unspecified atom stereocenters. The van der Waals surface area contributed by atoms with E-state index in [4.69, 9.17) is 5.73 Å². The fourth-order valence-electron chi connectivity index (χ4n) is 2.43. The van der Waals surface area contributed by atoms with Crippen LogP contribution < -0.4 is 11.3 Å². The molecule has 3 aromatic rings. The van der Waals surface area contributed by atoms with Gasteiger partial charge in [-0.05, 0) is 50.6 Å². The highest BCUT2D eigenvalue weighted by atomic mass is 16.1. The van der Waals surface area contributed by atoms with E-state index in [0.29, 0.717) is 11.3 Å². The second-order valence-electron chi connectivity index (χ2n) is 5.93. The van der Waals surface area contributed by atoms with E-state index in [0.717, 1.165) is 28.2 Å². The number of nitrogens with one attached hydrogen (secondary N) is 1. The lowest BCUT2D eigenvalue weighted by Gasteiger charge is -2.01. The second-order valence-corrected chi connectivity index (χ2v) is 5.93. The van der Waals surface area contributed by atoms with Gasteiger partial charge in [-0.15, -0.1) is 0 Å². The first-order valence-corrected chi connectivity index (χ1v) is 7.74. The molecule has 24 heavy (non-hydrogen) atoms. The summed E-state index contributed by atoms with van der Waals surface area (Å²) in [6.07, 6.45) is 1.59. The van der Waals surface area contributed by atoms with E-state index in [1.165, 1.54) is 4.68 Å². The Morgan fingerprint density at radius 3 is 2.46 bits per heavy atom. The van der Waals surface area contributed by atoms with Crippen LogP contribution in [-0.4, -0.2) is 16.0 Å². The summed E-state index contributed by atoms with van der Waals surface area (Å²) >= 11 is 0. The lowest BCUT2D eigenvalue weighted by molar-refractivity contribution is 0.835.